The molecule has 0 fully saturated rings. The third-order valence-corrected chi connectivity index (χ3v) is 1.86. The molecule has 2 rings (SSSR count). The average Bonchev–Trinajstić information content (AvgIpc) is 2.24. The molecule has 6 nitrogen and oxygen atoms in total. The SMILES string of the molecule is O=c1[nH]cc(Cc2ncccn2)c(=O)[nH]1. The van der Waals surface area contributed by atoms with Crippen LogP contribution >= 0.6 is 0 Å². The zero-order valence-electron chi connectivity index (χ0n) is 7.73. The fourth-order valence-corrected chi connectivity index (χ4v) is 1.16. The van der Waals surface area contributed by atoms with Crippen LogP contribution in [0.15, 0.2) is 34.2 Å². The van der Waals surface area contributed by atoms with Crippen molar-refractivity contribution < 1.29 is 0 Å². The lowest BCUT2D eigenvalue weighted by atomic mass is 10.2. The Balaban J connectivity index is 2.33. The summed E-state index contributed by atoms with van der Waals surface area (Å²) in [4.78, 5) is 34.6. The second kappa shape index (κ2) is 3.87. The van der Waals surface area contributed by atoms with Gasteiger partial charge in [0.2, 0.25) is 0 Å². The number of aromatic amines is 2. The third kappa shape index (κ3) is 2.16. The monoisotopic (exact) mass is 204 g/mol. The Morgan fingerprint density at radius 2 is 1.93 bits per heavy atom. The number of nitrogens with zero attached hydrogens (tertiary/aromatic N) is 2. The smallest absolute Gasteiger partial charge is 0.314 e. The number of H-pyrrole nitrogens is 2. The Morgan fingerprint density at radius 3 is 2.60 bits per heavy atom. The topological polar surface area (TPSA) is 91.5 Å². The molecule has 2 N–H and O–H groups in total. The molecule has 0 saturated heterocycles. The molecule has 0 radical (unpaired) electrons. The second-order valence-corrected chi connectivity index (χ2v) is 2.94. The maximum Gasteiger partial charge on any atom is 0.325 e. The fraction of sp³-hybridized carbons (Fsp3) is 0.111. The summed E-state index contributed by atoms with van der Waals surface area (Å²) in [6, 6.07) is 1.70. The first-order valence-corrected chi connectivity index (χ1v) is 4.32. The highest BCUT2D eigenvalue weighted by Crippen LogP contribution is 1.95. The molecule has 2 heterocycles. The predicted octanol–water partition coefficient (Wildman–Crippen LogP) is -0.556. The molecule has 0 bridgehead atoms. The molecule has 0 unspecified atom stereocenters. The average molecular weight is 204 g/mol. The first kappa shape index (κ1) is 9.32. The van der Waals surface area contributed by atoms with Gasteiger partial charge >= 0.3 is 5.69 Å². The first-order chi connectivity index (χ1) is 7.25. The Kier molecular flexibility index (Phi) is 2.40. The van der Waals surface area contributed by atoms with Crippen LogP contribution in [0.25, 0.3) is 0 Å². The van der Waals surface area contributed by atoms with Gasteiger partial charge in [-0.3, -0.25) is 9.78 Å². The predicted molar refractivity (Wildman–Crippen MR) is 52.5 cm³/mol. The van der Waals surface area contributed by atoms with Crippen LogP contribution in [0.1, 0.15) is 11.4 Å². The molecule has 76 valence electrons. The Labute approximate surface area is 84.1 Å². The molecule has 15 heavy (non-hydrogen) atoms. The Morgan fingerprint density at radius 1 is 1.20 bits per heavy atom. The maximum atomic E-state index is 11.3. The largest absolute Gasteiger partial charge is 0.325 e. The Hall–Kier alpha value is -2.24. The molecule has 0 spiro atoms. The summed E-state index contributed by atoms with van der Waals surface area (Å²) >= 11 is 0. The minimum absolute atomic E-state index is 0.299. The summed E-state index contributed by atoms with van der Waals surface area (Å²) < 4.78 is 0. The van der Waals surface area contributed by atoms with E-state index in [1.54, 1.807) is 18.5 Å². The zero-order valence-corrected chi connectivity index (χ0v) is 7.73. The molecular weight excluding hydrogens is 196 g/mol. The molecule has 0 aromatic carbocycles. The number of nitrogens with one attached hydrogen (secondary N) is 2. The van der Waals surface area contributed by atoms with Gasteiger partial charge in [-0.05, 0) is 6.07 Å². The number of hydrogen-bond donors (Lipinski definition) is 2. The van der Waals surface area contributed by atoms with Crippen molar-refractivity contribution in [1.29, 1.82) is 0 Å². The van der Waals surface area contributed by atoms with Crippen molar-refractivity contribution in [3.05, 3.63) is 56.9 Å². The van der Waals surface area contributed by atoms with Crippen LogP contribution in [-0.4, -0.2) is 19.9 Å². The highest BCUT2D eigenvalue weighted by atomic mass is 16.2. The van der Waals surface area contributed by atoms with E-state index < -0.39 is 11.2 Å². The highest BCUT2D eigenvalue weighted by molar-refractivity contribution is 5.10. The molecule has 0 aliphatic heterocycles. The van der Waals surface area contributed by atoms with Crippen molar-refractivity contribution in [3.63, 3.8) is 0 Å². The third-order valence-electron chi connectivity index (χ3n) is 1.86. The van der Waals surface area contributed by atoms with Gasteiger partial charge in [-0.25, -0.2) is 14.8 Å². The minimum atomic E-state index is -0.516. The Bertz CT molecular complexity index is 558. The van der Waals surface area contributed by atoms with Crippen molar-refractivity contribution in [2.75, 3.05) is 0 Å². The van der Waals surface area contributed by atoms with Gasteiger partial charge in [0.15, 0.2) is 0 Å². The molecule has 0 aliphatic carbocycles. The van der Waals surface area contributed by atoms with Gasteiger partial charge in [0.1, 0.15) is 5.82 Å². The summed E-state index contributed by atoms with van der Waals surface area (Å²) in [5, 5.41) is 0. The molecule has 0 atom stereocenters. The van der Waals surface area contributed by atoms with Crippen molar-refractivity contribution in [1.82, 2.24) is 19.9 Å². The zero-order chi connectivity index (χ0) is 10.7. The number of rotatable bonds is 2. The summed E-state index contributed by atoms with van der Waals surface area (Å²) in [5.41, 5.74) is -0.496. The van der Waals surface area contributed by atoms with Crippen LogP contribution < -0.4 is 11.2 Å². The fourth-order valence-electron chi connectivity index (χ4n) is 1.16. The van der Waals surface area contributed by atoms with Crippen LogP contribution in [0.4, 0.5) is 0 Å². The van der Waals surface area contributed by atoms with Gasteiger partial charge in [0.25, 0.3) is 5.56 Å². The van der Waals surface area contributed by atoms with Gasteiger partial charge in [0, 0.05) is 30.6 Å². The second-order valence-electron chi connectivity index (χ2n) is 2.94. The number of hydrogen-bond acceptors (Lipinski definition) is 4. The van der Waals surface area contributed by atoms with E-state index >= 15 is 0 Å². The lowest BCUT2D eigenvalue weighted by molar-refractivity contribution is 0.916. The van der Waals surface area contributed by atoms with Crippen LogP contribution in [0.2, 0.25) is 0 Å². The van der Waals surface area contributed by atoms with E-state index in [9.17, 15) is 9.59 Å². The normalized spacial score (nSPS) is 10.1. The minimum Gasteiger partial charge on any atom is -0.314 e. The van der Waals surface area contributed by atoms with E-state index in [0.717, 1.165) is 0 Å². The van der Waals surface area contributed by atoms with Gasteiger partial charge < -0.3 is 4.98 Å². The van der Waals surface area contributed by atoms with Crippen molar-refractivity contribution in [2.24, 2.45) is 0 Å². The molecule has 2 aromatic rings. The quantitative estimate of drug-likeness (QED) is 0.686. The molecule has 2 aromatic heterocycles. The van der Waals surface area contributed by atoms with Crippen LogP contribution in [0, 0.1) is 0 Å². The van der Waals surface area contributed by atoms with Crippen molar-refractivity contribution in [2.45, 2.75) is 6.42 Å². The van der Waals surface area contributed by atoms with Crippen LogP contribution in [-0.2, 0) is 6.42 Å². The summed E-state index contributed by atoms with van der Waals surface area (Å²) in [6.07, 6.45) is 4.87. The van der Waals surface area contributed by atoms with Crippen molar-refractivity contribution in [3.8, 4) is 0 Å². The summed E-state index contributed by atoms with van der Waals surface area (Å²) in [5.74, 6) is 0.537. The van der Waals surface area contributed by atoms with Gasteiger partial charge in [-0.1, -0.05) is 0 Å². The lowest BCUT2D eigenvalue weighted by Gasteiger charge is -1.97. The molecular formula is C9H8N4O2. The molecule has 6 heteroatoms. The summed E-state index contributed by atoms with van der Waals surface area (Å²) in [6.45, 7) is 0. The molecule has 0 amide bonds. The van der Waals surface area contributed by atoms with Crippen molar-refractivity contribution >= 4 is 0 Å². The molecule has 0 aliphatic rings. The van der Waals surface area contributed by atoms with Crippen LogP contribution in [0.3, 0.4) is 0 Å². The molecule has 0 saturated carbocycles. The first-order valence-electron chi connectivity index (χ1n) is 4.32. The lowest BCUT2D eigenvalue weighted by Crippen LogP contribution is -2.24. The standard InChI is InChI=1S/C9H8N4O2/c14-8-6(5-12-9(15)13-8)4-7-10-2-1-3-11-7/h1-3,5H,4H2,(H2,12,13,14,15). The van der Waals surface area contributed by atoms with E-state index in [1.807, 2.05) is 0 Å². The maximum absolute atomic E-state index is 11.3. The highest BCUT2D eigenvalue weighted by Gasteiger charge is 2.02. The summed E-state index contributed by atoms with van der Waals surface area (Å²) in [7, 11) is 0. The van der Waals surface area contributed by atoms with Gasteiger partial charge in [-0.15, -0.1) is 0 Å². The van der Waals surface area contributed by atoms with E-state index in [1.165, 1.54) is 6.20 Å². The van der Waals surface area contributed by atoms with E-state index in [2.05, 4.69) is 19.9 Å². The number of aromatic nitrogens is 4. The van der Waals surface area contributed by atoms with Gasteiger partial charge in [0.05, 0.1) is 0 Å². The van der Waals surface area contributed by atoms with E-state index in [4.69, 9.17) is 0 Å². The van der Waals surface area contributed by atoms with Crippen LogP contribution in [0.5, 0.6) is 0 Å². The van der Waals surface area contributed by atoms with E-state index in [0.29, 0.717) is 17.8 Å². The van der Waals surface area contributed by atoms with E-state index in [-0.39, 0.29) is 0 Å². The van der Waals surface area contributed by atoms with Gasteiger partial charge in [-0.2, -0.15) is 0 Å².